The van der Waals surface area contributed by atoms with Gasteiger partial charge in [-0.25, -0.2) is 0 Å². The van der Waals surface area contributed by atoms with E-state index in [0.717, 1.165) is 23.3 Å². The van der Waals surface area contributed by atoms with Gasteiger partial charge in [0, 0.05) is 0 Å². The summed E-state index contributed by atoms with van der Waals surface area (Å²) in [5, 5.41) is 4.36. The van der Waals surface area contributed by atoms with Crippen molar-refractivity contribution in [2.24, 2.45) is 0 Å². The molecule has 0 saturated carbocycles. The van der Waals surface area contributed by atoms with Gasteiger partial charge in [0.1, 0.15) is 16.5 Å². The van der Waals surface area contributed by atoms with Gasteiger partial charge < -0.3 is 14.0 Å². The number of aromatic nitrogens is 2. The van der Waals surface area contributed by atoms with Crippen LogP contribution in [0.3, 0.4) is 0 Å². The summed E-state index contributed by atoms with van der Waals surface area (Å²) in [6.45, 7) is 2.77. The van der Waals surface area contributed by atoms with Crippen molar-refractivity contribution in [1.29, 1.82) is 0 Å². The number of hydrogen-bond acceptors (Lipinski definition) is 5. The van der Waals surface area contributed by atoms with E-state index in [4.69, 9.17) is 25.6 Å². The van der Waals surface area contributed by atoms with Crippen LogP contribution in [0, 0.1) is 0 Å². The van der Waals surface area contributed by atoms with E-state index in [9.17, 15) is 0 Å². The van der Waals surface area contributed by atoms with Gasteiger partial charge in [0.05, 0.1) is 19.3 Å². The maximum Gasteiger partial charge on any atom is 0.269 e. The Labute approximate surface area is 157 Å². The minimum absolute atomic E-state index is 0.249. The minimum atomic E-state index is 0.249. The van der Waals surface area contributed by atoms with Crippen LogP contribution in [0.1, 0.15) is 24.8 Å². The van der Waals surface area contributed by atoms with Crippen molar-refractivity contribution in [3.05, 3.63) is 60.0 Å². The van der Waals surface area contributed by atoms with Crippen LogP contribution >= 0.6 is 11.6 Å². The van der Waals surface area contributed by atoms with E-state index in [0.29, 0.717) is 23.2 Å². The Morgan fingerprint density at radius 3 is 2.65 bits per heavy atom. The predicted molar refractivity (Wildman–Crippen MR) is 102 cm³/mol. The van der Waals surface area contributed by atoms with E-state index in [2.05, 4.69) is 17.1 Å². The molecule has 0 saturated heterocycles. The van der Waals surface area contributed by atoms with Gasteiger partial charge >= 0.3 is 0 Å². The maximum absolute atomic E-state index is 6.34. The van der Waals surface area contributed by atoms with Crippen molar-refractivity contribution in [3.8, 4) is 22.9 Å². The third kappa shape index (κ3) is 4.24. The molecule has 0 spiro atoms. The fourth-order valence-corrected chi connectivity index (χ4v) is 2.55. The molecule has 0 amide bonds. The Kier molecular flexibility index (Phi) is 5.92. The summed E-state index contributed by atoms with van der Waals surface area (Å²) in [6.07, 6.45) is 2.74. The average Bonchev–Trinajstić information content (AvgIpc) is 3.17. The minimum Gasteiger partial charge on any atom is -0.496 e. The molecule has 3 rings (SSSR count). The Morgan fingerprint density at radius 1 is 1.15 bits per heavy atom. The molecule has 1 heterocycles. The number of halogens is 1. The number of hydrogen-bond donors (Lipinski definition) is 0. The lowest BCUT2D eigenvalue weighted by Gasteiger charge is -2.04. The lowest BCUT2D eigenvalue weighted by Crippen LogP contribution is -1.94. The van der Waals surface area contributed by atoms with Crippen LogP contribution < -0.4 is 9.47 Å². The van der Waals surface area contributed by atoms with Crippen molar-refractivity contribution in [1.82, 2.24) is 10.1 Å². The summed E-state index contributed by atoms with van der Waals surface area (Å²) < 4.78 is 16.2. The van der Waals surface area contributed by atoms with Crippen LogP contribution in [0.2, 0.25) is 0 Å². The van der Waals surface area contributed by atoms with Gasteiger partial charge in [0.25, 0.3) is 5.89 Å². The van der Waals surface area contributed by atoms with Crippen LogP contribution in [0.25, 0.3) is 22.5 Å². The third-order valence-corrected chi connectivity index (χ3v) is 3.90. The fourth-order valence-electron chi connectivity index (χ4n) is 2.35. The summed E-state index contributed by atoms with van der Waals surface area (Å²) >= 11 is 6.34. The first kappa shape index (κ1) is 18.0. The molecule has 0 atom stereocenters. The van der Waals surface area contributed by atoms with Gasteiger partial charge in [-0.2, -0.15) is 4.98 Å². The molecule has 26 heavy (non-hydrogen) atoms. The molecule has 134 valence electrons. The highest BCUT2D eigenvalue weighted by molar-refractivity contribution is 6.50. The first-order valence-electron chi connectivity index (χ1n) is 8.28. The highest BCUT2D eigenvalue weighted by Crippen LogP contribution is 2.29. The standard InChI is InChI=1S/C20H19ClN2O3/c1-3-12-25-15-10-8-14(9-11-15)13-17(21)20-22-19(23-26-20)16-6-4-5-7-18(16)24-2/h4-11,13H,3,12H2,1-2H3/b17-13-. The summed E-state index contributed by atoms with van der Waals surface area (Å²) in [5.74, 6) is 2.17. The van der Waals surface area contributed by atoms with Crippen molar-refractivity contribution in [2.45, 2.75) is 13.3 Å². The van der Waals surface area contributed by atoms with Gasteiger partial charge in [-0.15, -0.1) is 0 Å². The number of methoxy groups -OCH3 is 1. The molecule has 0 aliphatic heterocycles. The molecule has 0 bridgehead atoms. The summed E-state index contributed by atoms with van der Waals surface area (Å²) in [6, 6.07) is 15.1. The molecule has 0 unspecified atom stereocenters. The molecule has 6 heteroatoms. The van der Waals surface area contributed by atoms with Crippen molar-refractivity contribution in [2.75, 3.05) is 13.7 Å². The zero-order chi connectivity index (χ0) is 18.4. The number of para-hydroxylation sites is 1. The zero-order valence-corrected chi connectivity index (χ0v) is 15.4. The summed E-state index contributed by atoms with van der Waals surface area (Å²) in [4.78, 5) is 4.36. The van der Waals surface area contributed by atoms with Crippen molar-refractivity contribution >= 4 is 22.7 Å². The van der Waals surface area contributed by atoms with Crippen molar-refractivity contribution < 1.29 is 14.0 Å². The first-order valence-corrected chi connectivity index (χ1v) is 8.66. The Morgan fingerprint density at radius 2 is 1.92 bits per heavy atom. The van der Waals surface area contributed by atoms with Crippen LogP contribution in [0.15, 0.2) is 53.1 Å². The molecular formula is C20H19ClN2O3. The molecule has 0 N–H and O–H groups in total. The van der Waals surface area contributed by atoms with Gasteiger partial charge in [-0.3, -0.25) is 0 Å². The van der Waals surface area contributed by atoms with E-state index < -0.39 is 0 Å². The molecule has 3 aromatic rings. The Hall–Kier alpha value is -2.79. The number of ether oxygens (including phenoxy) is 2. The topological polar surface area (TPSA) is 57.4 Å². The number of rotatable bonds is 7. The van der Waals surface area contributed by atoms with E-state index in [1.807, 2.05) is 48.5 Å². The highest BCUT2D eigenvalue weighted by atomic mass is 35.5. The first-order chi connectivity index (χ1) is 12.7. The zero-order valence-electron chi connectivity index (χ0n) is 14.6. The van der Waals surface area contributed by atoms with Crippen LogP contribution in [0.4, 0.5) is 0 Å². The van der Waals surface area contributed by atoms with Gasteiger partial charge in [0.15, 0.2) is 0 Å². The molecule has 1 aromatic heterocycles. The van der Waals surface area contributed by atoms with E-state index in [1.165, 1.54) is 0 Å². The Bertz CT molecular complexity index is 888. The SMILES string of the molecule is CCCOc1ccc(/C=C(\Cl)c2nc(-c3ccccc3OC)no2)cc1. The summed E-state index contributed by atoms with van der Waals surface area (Å²) in [7, 11) is 1.60. The van der Waals surface area contributed by atoms with E-state index >= 15 is 0 Å². The monoisotopic (exact) mass is 370 g/mol. The van der Waals surface area contributed by atoms with Gasteiger partial charge in [-0.05, 0) is 42.3 Å². The van der Waals surface area contributed by atoms with Crippen molar-refractivity contribution in [3.63, 3.8) is 0 Å². The van der Waals surface area contributed by atoms with Crippen LogP contribution in [0.5, 0.6) is 11.5 Å². The predicted octanol–water partition coefficient (Wildman–Crippen LogP) is 5.27. The van der Waals surface area contributed by atoms with Gasteiger partial charge in [-0.1, -0.05) is 47.9 Å². The largest absolute Gasteiger partial charge is 0.496 e. The Balaban J connectivity index is 1.79. The fraction of sp³-hybridized carbons (Fsp3) is 0.200. The van der Waals surface area contributed by atoms with Crippen LogP contribution in [-0.2, 0) is 0 Å². The molecular weight excluding hydrogens is 352 g/mol. The van der Waals surface area contributed by atoms with Gasteiger partial charge in [0.2, 0.25) is 5.82 Å². The van der Waals surface area contributed by atoms with Crippen LogP contribution in [-0.4, -0.2) is 23.9 Å². The number of benzene rings is 2. The molecule has 0 aliphatic carbocycles. The molecule has 2 aromatic carbocycles. The van der Waals surface area contributed by atoms with E-state index in [-0.39, 0.29) is 5.89 Å². The third-order valence-electron chi connectivity index (χ3n) is 3.62. The second-order valence-corrected chi connectivity index (χ2v) is 5.94. The average molecular weight is 371 g/mol. The maximum atomic E-state index is 6.34. The second kappa shape index (κ2) is 8.54. The highest BCUT2D eigenvalue weighted by Gasteiger charge is 2.14. The molecule has 5 nitrogen and oxygen atoms in total. The lowest BCUT2D eigenvalue weighted by atomic mass is 10.2. The quantitative estimate of drug-likeness (QED) is 0.567. The lowest BCUT2D eigenvalue weighted by molar-refractivity contribution is 0.317. The summed E-state index contributed by atoms with van der Waals surface area (Å²) in [5.41, 5.74) is 1.66. The number of nitrogens with zero attached hydrogens (tertiary/aromatic N) is 2. The smallest absolute Gasteiger partial charge is 0.269 e. The second-order valence-electron chi connectivity index (χ2n) is 5.53. The van der Waals surface area contributed by atoms with E-state index in [1.54, 1.807) is 13.2 Å². The molecule has 0 radical (unpaired) electrons. The molecule has 0 aliphatic rings. The normalized spacial score (nSPS) is 11.4. The molecule has 0 fully saturated rings.